The van der Waals surface area contributed by atoms with E-state index in [4.69, 9.17) is 5.26 Å². The Morgan fingerprint density at radius 2 is 1.79 bits per heavy atom. The molecule has 1 N–H and O–H groups in total. The van der Waals surface area contributed by atoms with Crippen LogP contribution in [-0.2, 0) is 13.1 Å². The summed E-state index contributed by atoms with van der Waals surface area (Å²) in [5.41, 5.74) is 2.61. The Kier molecular flexibility index (Phi) is 6.84. The second kappa shape index (κ2) is 10.1. The van der Waals surface area contributed by atoms with Gasteiger partial charge in [0.05, 0.1) is 17.3 Å². The van der Waals surface area contributed by atoms with Gasteiger partial charge in [-0.2, -0.15) is 5.26 Å². The summed E-state index contributed by atoms with van der Waals surface area (Å²) in [6.45, 7) is 1.48. The van der Waals surface area contributed by atoms with Gasteiger partial charge < -0.3 is 14.8 Å². The first-order valence-corrected chi connectivity index (χ1v) is 11.0. The van der Waals surface area contributed by atoms with Crippen LogP contribution in [0.25, 0.3) is 0 Å². The molecule has 6 nitrogen and oxygen atoms in total. The van der Waals surface area contributed by atoms with E-state index in [-0.39, 0.29) is 29.7 Å². The van der Waals surface area contributed by atoms with Crippen molar-refractivity contribution in [2.75, 3.05) is 18.4 Å². The highest BCUT2D eigenvalue weighted by atomic mass is 19.1. The van der Waals surface area contributed by atoms with E-state index in [1.54, 1.807) is 17.0 Å². The number of rotatable bonds is 6. The van der Waals surface area contributed by atoms with Crippen LogP contribution < -0.4 is 10.9 Å². The summed E-state index contributed by atoms with van der Waals surface area (Å²) in [7, 11) is 0. The van der Waals surface area contributed by atoms with Crippen LogP contribution >= 0.6 is 0 Å². The van der Waals surface area contributed by atoms with Gasteiger partial charge in [-0.1, -0.05) is 42.5 Å². The third-order valence-electron chi connectivity index (χ3n) is 6.05. The van der Waals surface area contributed by atoms with E-state index >= 15 is 0 Å². The summed E-state index contributed by atoms with van der Waals surface area (Å²) in [4.78, 5) is 27.6. The topological polar surface area (TPSA) is 78.1 Å². The van der Waals surface area contributed by atoms with Crippen LogP contribution in [-0.4, -0.2) is 28.5 Å². The van der Waals surface area contributed by atoms with Crippen molar-refractivity contribution in [3.8, 4) is 6.07 Å². The van der Waals surface area contributed by atoms with Crippen LogP contribution in [0.15, 0.2) is 71.7 Å². The summed E-state index contributed by atoms with van der Waals surface area (Å²) in [5.74, 6) is -0.151. The van der Waals surface area contributed by atoms with Gasteiger partial charge in [0.25, 0.3) is 11.5 Å². The molecular weight excluding hydrogens is 419 g/mol. The average molecular weight is 445 g/mol. The van der Waals surface area contributed by atoms with Gasteiger partial charge in [-0.15, -0.1) is 0 Å². The number of benzene rings is 2. The predicted octanol–water partition coefficient (Wildman–Crippen LogP) is 4.14. The molecule has 1 saturated heterocycles. The molecule has 1 aliphatic rings. The Bertz CT molecular complexity index is 1210. The molecule has 0 atom stereocenters. The standard InChI is InChI=1S/C26H25FN4O2/c27-22-8-6-20(7-9-22)21-10-13-30(14-11-21)26(33)23-18-31(15-12-28)25(32)16-24(23)29-17-19-4-2-1-3-5-19/h1-9,16,18,21,29H,10-11,13-15,17H2. The van der Waals surface area contributed by atoms with Crippen LogP contribution in [0.5, 0.6) is 0 Å². The highest BCUT2D eigenvalue weighted by molar-refractivity contribution is 5.99. The van der Waals surface area contributed by atoms with Crippen molar-refractivity contribution < 1.29 is 9.18 Å². The zero-order valence-corrected chi connectivity index (χ0v) is 18.2. The fraction of sp³-hybridized carbons (Fsp3) is 0.269. The molecule has 1 fully saturated rings. The number of nitriles is 1. The number of piperidine rings is 1. The molecular formula is C26H25FN4O2. The maximum absolute atomic E-state index is 13.4. The van der Waals surface area contributed by atoms with E-state index in [0.717, 1.165) is 24.0 Å². The summed E-state index contributed by atoms with van der Waals surface area (Å²) in [5, 5.41) is 12.3. The van der Waals surface area contributed by atoms with Gasteiger partial charge in [-0.25, -0.2) is 4.39 Å². The number of nitrogens with zero attached hydrogens (tertiary/aromatic N) is 3. The van der Waals surface area contributed by atoms with Crippen molar-refractivity contribution in [3.05, 3.63) is 99.7 Å². The molecule has 2 heterocycles. The number of amides is 1. The highest BCUT2D eigenvalue weighted by Gasteiger charge is 2.26. The first-order valence-electron chi connectivity index (χ1n) is 11.0. The minimum atomic E-state index is -0.335. The van der Waals surface area contributed by atoms with Gasteiger partial charge in [0.1, 0.15) is 12.4 Å². The van der Waals surface area contributed by atoms with Crippen molar-refractivity contribution in [2.24, 2.45) is 0 Å². The minimum Gasteiger partial charge on any atom is -0.380 e. The van der Waals surface area contributed by atoms with Gasteiger partial charge in [0.15, 0.2) is 0 Å². The molecule has 1 aliphatic heterocycles. The minimum absolute atomic E-state index is 0.120. The Hall–Kier alpha value is -3.92. The van der Waals surface area contributed by atoms with E-state index < -0.39 is 0 Å². The van der Waals surface area contributed by atoms with Gasteiger partial charge in [-0.05, 0) is 42.0 Å². The fourth-order valence-electron chi connectivity index (χ4n) is 4.20. The van der Waals surface area contributed by atoms with Gasteiger partial charge in [-0.3, -0.25) is 9.59 Å². The van der Waals surface area contributed by atoms with Crippen LogP contribution in [0.3, 0.4) is 0 Å². The van der Waals surface area contributed by atoms with Gasteiger partial charge in [0, 0.05) is 31.9 Å². The van der Waals surface area contributed by atoms with Gasteiger partial charge in [0.2, 0.25) is 0 Å². The van der Waals surface area contributed by atoms with E-state index in [9.17, 15) is 14.0 Å². The second-order valence-electron chi connectivity index (χ2n) is 8.18. The predicted molar refractivity (Wildman–Crippen MR) is 124 cm³/mol. The lowest BCUT2D eigenvalue weighted by Crippen LogP contribution is -2.39. The Morgan fingerprint density at radius 1 is 1.09 bits per heavy atom. The number of carbonyl (C=O) groups is 1. The molecule has 3 aromatic rings. The largest absolute Gasteiger partial charge is 0.380 e. The Balaban J connectivity index is 1.52. The average Bonchev–Trinajstić information content (AvgIpc) is 2.85. The number of aromatic nitrogens is 1. The number of halogens is 1. The summed E-state index contributed by atoms with van der Waals surface area (Å²) < 4.78 is 14.5. The molecule has 168 valence electrons. The van der Waals surface area contributed by atoms with Crippen molar-refractivity contribution in [1.82, 2.24) is 9.47 Å². The van der Waals surface area contributed by atoms with Crippen molar-refractivity contribution >= 4 is 11.6 Å². The van der Waals surface area contributed by atoms with E-state index in [0.29, 0.717) is 30.9 Å². The summed E-state index contributed by atoms with van der Waals surface area (Å²) in [6, 6.07) is 19.6. The van der Waals surface area contributed by atoms with Crippen molar-refractivity contribution in [1.29, 1.82) is 5.26 Å². The van der Waals surface area contributed by atoms with Crippen molar-refractivity contribution in [3.63, 3.8) is 0 Å². The molecule has 0 bridgehead atoms. The molecule has 4 rings (SSSR count). The van der Waals surface area contributed by atoms with Gasteiger partial charge >= 0.3 is 0 Å². The lowest BCUT2D eigenvalue weighted by atomic mass is 9.89. The number of hydrogen-bond donors (Lipinski definition) is 1. The lowest BCUT2D eigenvalue weighted by molar-refractivity contribution is 0.0713. The maximum Gasteiger partial charge on any atom is 0.257 e. The quantitative estimate of drug-likeness (QED) is 0.620. The lowest BCUT2D eigenvalue weighted by Gasteiger charge is -2.32. The summed E-state index contributed by atoms with van der Waals surface area (Å²) >= 11 is 0. The third kappa shape index (κ3) is 5.29. The van der Waals surface area contributed by atoms with E-state index in [1.165, 1.54) is 29.0 Å². The maximum atomic E-state index is 13.4. The Labute approximate surface area is 191 Å². The van der Waals surface area contributed by atoms with E-state index in [2.05, 4.69) is 5.32 Å². The smallest absolute Gasteiger partial charge is 0.257 e. The third-order valence-corrected chi connectivity index (χ3v) is 6.05. The molecule has 0 aliphatic carbocycles. The summed E-state index contributed by atoms with van der Waals surface area (Å²) in [6.07, 6.45) is 3.04. The van der Waals surface area contributed by atoms with Crippen molar-refractivity contribution in [2.45, 2.75) is 31.8 Å². The molecule has 0 unspecified atom stereocenters. The van der Waals surface area contributed by atoms with Crippen LogP contribution in [0, 0.1) is 17.1 Å². The number of anilines is 1. The molecule has 33 heavy (non-hydrogen) atoms. The molecule has 0 spiro atoms. The number of nitrogens with one attached hydrogen (secondary N) is 1. The van der Waals surface area contributed by atoms with Crippen LogP contribution in [0.4, 0.5) is 10.1 Å². The molecule has 1 aromatic heterocycles. The number of carbonyl (C=O) groups excluding carboxylic acids is 1. The molecule has 2 aromatic carbocycles. The zero-order valence-electron chi connectivity index (χ0n) is 18.2. The second-order valence-corrected chi connectivity index (χ2v) is 8.18. The Morgan fingerprint density at radius 3 is 2.45 bits per heavy atom. The highest BCUT2D eigenvalue weighted by Crippen LogP contribution is 2.29. The molecule has 1 amide bonds. The first kappa shape index (κ1) is 22.3. The number of likely N-dealkylation sites (tertiary alicyclic amines) is 1. The molecule has 0 saturated carbocycles. The number of pyridine rings is 1. The monoisotopic (exact) mass is 444 g/mol. The van der Waals surface area contributed by atoms with E-state index in [1.807, 2.05) is 36.4 Å². The fourth-order valence-corrected chi connectivity index (χ4v) is 4.20. The van der Waals surface area contributed by atoms with Crippen LogP contribution in [0.1, 0.15) is 40.2 Å². The molecule has 7 heteroatoms. The molecule has 0 radical (unpaired) electrons. The number of hydrogen-bond acceptors (Lipinski definition) is 4. The first-order chi connectivity index (χ1) is 16.0. The normalized spacial score (nSPS) is 14.0. The SMILES string of the molecule is N#CCn1cc(C(=O)N2CCC(c3ccc(F)cc3)CC2)c(NCc2ccccc2)cc1=O. The zero-order chi connectivity index (χ0) is 23.2. The van der Waals surface area contributed by atoms with Crippen LogP contribution in [0.2, 0.25) is 0 Å².